The summed E-state index contributed by atoms with van der Waals surface area (Å²) < 4.78 is 1.74. The van der Waals surface area contributed by atoms with E-state index in [-0.39, 0.29) is 5.91 Å². The van der Waals surface area contributed by atoms with Crippen LogP contribution in [0.15, 0.2) is 62.6 Å². The van der Waals surface area contributed by atoms with E-state index in [1.807, 2.05) is 36.4 Å². The second kappa shape index (κ2) is 6.63. The third-order valence-electron chi connectivity index (χ3n) is 2.37. The number of hydrogen-bond acceptors (Lipinski definition) is 2. The fourth-order valence-corrected chi connectivity index (χ4v) is 2.15. The summed E-state index contributed by atoms with van der Waals surface area (Å²) in [5.41, 5.74) is 3.96. The Hall–Kier alpha value is -1.46. The van der Waals surface area contributed by atoms with Gasteiger partial charge in [-0.2, -0.15) is 5.10 Å². The lowest BCUT2D eigenvalue weighted by molar-refractivity contribution is 0.0954. The molecule has 0 aliphatic carbocycles. The molecule has 0 saturated carbocycles. The van der Waals surface area contributed by atoms with Gasteiger partial charge < -0.3 is 0 Å². The number of hydrogen-bond donors (Lipinski definition) is 1. The molecule has 19 heavy (non-hydrogen) atoms. The lowest BCUT2D eigenvalue weighted by Crippen LogP contribution is -2.18. The lowest BCUT2D eigenvalue weighted by atomic mass is 10.2. The van der Waals surface area contributed by atoms with Crippen LogP contribution < -0.4 is 5.43 Å². The van der Waals surface area contributed by atoms with Crippen LogP contribution in [0.2, 0.25) is 0 Å². The molecule has 0 saturated heterocycles. The van der Waals surface area contributed by atoms with Crippen molar-refractivity contribution in [3.05, 3.63) is 68.6 Å². The van der Waals surface area contributed by atoms with Gasteiger partial charge in [-0.15, -0.1) is 0 Å². The predicted octanol–water partition coefficient (Wildman–Crippen LogP) is 3.98. The normalized spacial score (nSPS) is 10.6. The molecule has 2 rings (SSSR count). The standard InChI is InChI=1S/C14H10Br2N2O/c15-11-7-5-10(6-8-11)9-17-18-14(19)12-3-1-2-4-13(12)16/h1-9H,(H,18,19)/b17-9-. The average molecular weight is 382 g/mol. The molecule has 3 nitrogen and oxygen atoms in total. The van der Waals surface area contributed by atoms with E-state index in [4.69, 9.17) is 0 Å². The number of rotatable bonds is 3. The Morgan fingerprint density at radius 3 is 2.42 bits per heavy atom. The van der Waals surface area contributed by atoms with E-state index in [1.165, 1.54) is 0 Å². The van der Waals surface area contributed by atoms with Crippen LogP contribution >= 0.6 is 31.9 Å². The van der Waals surface area contributed by atoms with Crippen LogP contribution in [0.25, 0.3) is 0 Å². The third kappa shape index (κ3) is 4.01. The largest absolute Gasteiger partial charge is 0.272 e. The van der Waals surface area contributed by atoms with Gasteiger partial charge in [0.15, 0.2) is 0 Å². The number of carbonyl (C=O) groups is 1. The highest BCUT2D eigenvalue weighted by molar-refractivity contribution is 9.10. The van der Waals surface area contributed by atoms with Crippen molar-refractivity contribution in [3.8, 4) is 0 Å². The molecule has 0 aliphatic heterocycles. The SMILES string of the molecule is O=C(N/N=C\c1ccc(Br)cc1)c1ccccc1Br. The fourth-order valence-electron chi connectivity index (χ4n) is 1.42. The number of halogens is 2. The Balaban J connectivity index is 2.01. The maximum atomic E-state index is 11.8. The molecular weight excluding hydrogens is 372 g/mol. The summed E-state index contributed by atoms with van der Waals surface area (Å²) in [6, 6.07) is 14.8. The minimum absolute atomic E-state index is 0.249. The molecule has 0 unspecified atom stereocenters. The van der Waals surface area contributed by atoms with Crippen LogP contribution in [0, 0.1) is 0 Å². The zero-order valence-electron chi connectivity index (χ0n) is 9.81. The number of carbonyl (C=O) groups excluding carboxylic acids is 1. The third-order valence-corrected chi connectivity index (χ3v) is 3.59. The zero-order valence-corrected chi connectivity index (χ0v) is 13.0. The Morgan fingerprint density at radius 1 is 1.05 bits per heavy atom. The van der Waals surface area contributed by atoms with E-state index >= 15 is 0 Å². The molecule has 0 radical (unpaired) electrons. The van der Waals surface area contributed by atoms with Crippen molar-refractivity contribution in [2.45, 2.75) is 0 Å². The smallest absolute Gasteiger partial charge is 0.267 e. The molecule has 2 aromatic rings. The van der Waals surface area contributed by atoms with Gasteiger partial charge in [-0.25, -0.2) is 5.43 Å². The molecule has 0 heterocycles. The van der Waals surface area contributed by atoms with E-state index < -0.39 is 0 Å². The van der Waals surface area contributed by atoms with E-state index in [1.54, 1.807) is 18.3 Å². The van der Waals surface area contributed by atoms with Crippen molar-refractivity contribution in [1.29, 1.82) is 0 Å². The van der Waals surface area contributed by atoms with Crippen molar-refractivity contribution in [1.82, 2.24) is 5.43 Å². The van der Waals surface area contributed by atoms with Gasteiger partial charge in [-0.3, -0.25) is 4.79 Å². The number of nitrogens with zero attached hydrogens (tertiary/aromatic N) is 1. The van der Waals surface area contributed by atoms with Crippen molar-refractivity contribution >= 4 is 44.0 Å². The molecule has 0 aromatic heterocycles. The van der Waals surface area contributed by atoms with Crippen molar-refractivity contribution in [2.24, 2.45) is 5.10 Å². The van der Waals surface area contributed by atoms with Crippen LogP contribution in [-0.4, -0.2) is 12.1 Å². The quantitative estimate of drug-likeness (QED) is 0.634. The molecule has 0 aliphatic rings. The lowest BCUT2D eigenvalue weighted by Gasteiger charge is -2.01. The predicted molar refractivity (Wildman–Crippen MR) is 83.3 cm³/mol. The Kier molecular flexibility index (Phi) is 4.87. The molecule has 0 bridgehead atoms. The van der Waals surface area contributed by atoms with Crippen LogP contribution in [0.4, 0.5) is 0 Å². The van der Waals surface area contributed by atoms with Gasteiger partial charge in [-0.05, 0) is 45.8 Å². The summed E-state index contributed by atoms with van der Waals surface area (Å²) in [7, 11) is 0. The number of amides is 1. The summed E-state index contributed by atoms with van der Waals surface area (Å²) in [5, 5.41) is 3.93. The van der Waals surface area contributed by atoms with Gasteiger partial charge in [0.05, 0.1) is 11.8 Å². The highest BCUT2D eigenvalue weighted by Gasteiger charge is 2.07. The fraction of sp³-hybridized carbons (Fsp3) is 0. The van der Waals surface area contributed by atoms with Gasteiger partial charge in [0.2, 0.25) is 0 Å². The second-order valence-electron chi connectivity index (χ2n) is 3.73. The van der Waals surface area contributed by atoms with Gasteiger partial charge in [0, 0.05) is 8.95 Å². The number of hydrazone groups is 1. The molecule has 0 spiro atoms. The second-order valence-corrected chi connectivity index (χ2v) is 5.50. The summed E-state index contributed by atoms with van der Waals surface area (Å²) in [6.07, 6.45) is 1.60. The van der Waals surface area contributed by atoms with Crippen LogP contribution in [0.3, 0.4) is 0 Å². The molecule has 0 atom stereocenters. The van der Waals surface area contributed by atoms with Gasteiger partial charge in [-0.1, -0.05) is 40.2 Å². The Bertz CT molecular complexity index is 609. The molecule has 1 N–H and O–H groups in total. The molecule has 96 valence electrons. The number of nitrogens with one attached hydrogen (secondary N) is 1. The first kappa shape index (κ1) is 14.0. The summed E-state index contributed by atoms with van der Waals surface area (Å²) in [6.45, 7) is 0. The van der Waals surface area contributed by atoms with E-state index in [0.29, 0.717) is 5.56 Å². The minimum atomic E-state index is -0.249. The van der Waals surface area contributed by atoms with Gasteiger partial charge in [0.1, 0.15) is 0 Å². The first-order valence-corrected chi connectivity index (χ1v) is 7.09. The maximum absolute atomic E-state index is 11.8. The topological polar surface area (TPSA) is 41.5 Å². The zero-order chi connectivity index (χ0) is 13.7. The van der Waals surface area contributed by atoms with Crippen LogP contribution in [0.1, 0.15) is 15.9 Å². The molecular formula is C14H10Br2N2O. The molecule has 0 fully saturated rings. The van der Waals surface area contributed by atoms with E-state index in [0.717, 1.165) is 14.5 Å². The highest BCUT2D eigenvalue weighted by atomic mass is 79.9. The first-order chi connectivity index (χ1) is 9.16. The van der Waals surface area contributed by atoms with Gasteiger partial charge in [0.25, 0.3) is 5.91 Å². The monoisotopic (exact) mass is 380 g/mol. The Morgan fingerprint density at radius 2 is 1.74 bits per heavy atom. The summed E-state index contributed by atoms with van der Waals surface area (Å²) in [4.78, 5) is 11.8. The highest BCUT2D eigenvalue weighted by Crippen LogP contribution is 2.15. The van der Waals surface area contributed by atoms with Crippen molar-refractivity contribution in [2.75, 3.05) is 0 Å². The maximum Gasteiger partial charge on any atom is 0.272 e. The van der Waals surface area contributed by atoms with Crippen molar-refractivity contribution < 1.29 is 4.79 Å². The molecule has 5 heteroatoms. The van der Waals surface area contributed by atoms with Crippen molar-refractivity contribution in [3.63, 3.8) is 0 Å². The number of benzene rings is 2. The Labute approximate surface area is 128 Å². The van der Waals surface area contributed by atoms with E-state index in [2.05, 4.69) is 42.4 Å². The van der Waals surface area contributed by atoms with Crippen LogP contribution in [0.5, 0.6) is 0 Å². The molecule has 2 aromatic carbocycles. The minimum Gasteiger partial charge on any atom is -0.267 e. The first-order valence-electron chi connectivity index (χ1n) is 5.50. The molecule has 1 amide bonds. The summed E-state index contributed by atoms with van der Waals surface area (Å²) >= 11 is 6.68. The van der Waals surface area contributed by atoms with Gasteiger partial charge >= 0.3 is 0 Å². The van der Waals surface area contributed by atoms with E-state index in [9.17, 15) is 4.79 Å². The summed E-state index contributed by atoms with van der Waals surface area (Å²) in [5.74, 6) is -0.249. The van der Waals surface area contributed by atoms with Crippen LogP contribution in [-0.2, 0) is 0 Å². The average Bonchev–Trinajstić information content (AvgIpc) is 2.41.